The molecular weight excluding hydrogens is 400 g/mol. The predicted molar refractivity (Wildman–Crippen MR) is 94.5 cm³/mol. The summed E-state index contributed by atoms with van der Waals surface area (Å²) in [5, 5.41) is 3.97. The fourth-order valence-corrected chi connectivity index (χ4v) is 2.82. The van der Waals surface area contributed by atoms with Crippen molar-refractivity contribution >= 4 is 17.6 Å². The van der Waals surface area contributed by atoms with Gasteiger partial charge in [-0.15, -0.1) is 0 Å². The van der Waals surface area contributed by atoms with Gasteiger partial charge in [0.05, 0.1) is 19.2 Å². The minimum atomic E-state index is -4.70. The van der Waals surface area contributed by atoms with Crippen LogP contribution < -0.4 is 0 Å². The summed E-state index contributed by atoms with van der Waals surface area (Å²) in [6.45, 7) is -0.298. The smallest absolute Gasteiger partial charge is 0.435 e. The van der Waals surface area contributed by atoms with E-state index in [2.05, 4.69) is 9.84 Å². The lowest BCUT2D eigenvalue weighted by atomic mass is 10.1. The summed E-state index contributed by atoms with van der Waals surface area (Å²) < 4.78 is 60.3. The quantitative estimate of drug-likeness (QED) is 0.437. The Bertz CT molecular complexity index is 1010. The van der Waals surface area contributed by atoms with Crippen molar-refractivity contribution in [2.24, 2.45) is 0 Å². The number of benzene rings is 2. The van der Waals surface area contributed by atoms with E-state index in [1.165, 1.54) is 48.7 Å². The molecule has 3 aromatic rings. The summed E-state index contributed by atoms with van der Waals surface area (Å²) >= 11 is 5.79. The molecule has 0 aliphatic rings. The summed E-state index contributed by atoms with van der Waals surface area (Å²) in [5.41, 5.74) is -1.29. The van der Waals surface area contributed by atoms with Gasteiger partial charge in [0.2, 0.25) is 0 Å². The maximum atomic E-state index is 14.5. The van der Waals surface area contributed by atoms with Crippen LogP contribution >= 0.6 is 11.6 Å². The molecule has 1 aromatic heterocycles. The molecule has 4 nitrogen and oxygen atoms in total. The van der Waals surface area contributed by atoms with Crippen LogP contribution in [0.3, 0.4) is 0 Å². The average molecular weight is 413 g/mol. The van der Waals surface area contributed by atoms with E-state index in [-0.39, 0.29) is 28.8 Å². The third kappa shape index (κ3) is 4.01. The minimum Gasteiger partial charge on any atom is -0.465 e. The lowest BCUT2D eigenvalue weighted by molar-refractivity contribution is -0.141. The lowest BCUT2D eigenvalue weighted by Crippen LogP contribution is -2.11. The van der Waals surface area contributed by atoms with E-state index in [1.54, 1.807) is 0 Å². The van der Waals surface area contributed by atoms with Crippen molar-refractivity contribution in [1.29, 1.82) is 0 Å². The van der Waals surface area contributed by atoms with Crippen molar-refractivity contribution in [3.05, 3.63) is 76.3 Å². The van der Waals surface area contributed by atoms with Crippen LogP contribution in [-0.4, -0.2) is 22.9 Å². The number of ether oxygens (including phenoxy) is 1. The first-order valence-electron chi connectivity index (χ1n) is 7.97. The fourth-order valence-electron chi connectivity index (χ4n) is 2.70. The predicted octanol–water partition coefficient (Wildman–Crippen LogP) is 5.20. The van der Waals surface area contributed by atoms with Gasteiger partial charge in [0.25, 0.3) is 0 Å². The number of aromatic nitrogens is 2. The zero-order chi connectivity index (χ0) is 20.5. The van der Waals surface area contributed by atoms with Crippen LogP contribution in [0.1, 0.15) is 21.6 Å². The van der Waals surface area contributed by atoms with E-state index in [9.17, 15) is 22.4 Å². The number of hydrogen-bond acceptors (Lipinski definition) is 3. The van der Waals surface area contributed by atoms with Crippen LogP contribution in [-0.2, 0) is 17.5 Å². The Kier molecular flexibility index (Phi) is 5.42. The van der Waals surface area contributed by atoms with Gasteiger partial charge >= 0.3 is 12.1 Å². The molecule has 9 heteroatoms. The highest BCUT2D eigenvalue weighted by atomic mass is 35.5. The summed E-state index contributed by atoms with van der Waals surface area (Å²) in [4.78, 5) is 11.6. The SMILES string of the molecule is COC(=O)c1cccc(Cn2cc(-c3ccc(Cl)cc3)c(C(F)(F)F)n2)c1F. The number of carbonyl (C=O) groups is 1. The van der Waals surface area contributed by atoms with E-state index in [4.69, 9.17) is 11.6 Å². The number of halogens is 5. The van der Waals surface area contributed by atoms with Crippen molar-refractivity contribution in [2.45, 2.75) is 12.7 Å². The number of rotatable bonds is 4. The Hall–Kier alpha value is -2.87. The topological polar surface area (TPSA) is 44.1 Å². The van der Waals surface area contributed by atoms with Gasteiger partial charge < -0.3 is 4.74 Å². The first-order valence-corrected chi connectivity index (χ1v) is 8.35. The molecule has 0 radical (unpaired) electrons. The molecule has 1 heterocycles. The molecular formula is C19H13ClF4N2O2. The summed E-state index contributed by atoms with van der Waals surface area (Å²) in [7, 11) is 1.11. The Morgan fingerprint density at radius 3 is 2.46 bits per heavy atom. The maximum Gasteiger partial charge on any atom is 0.435 e. The van der Waals surface area contributed by atoms with Gasteiger partial charge in [-0.3, -0.25) is 4.68 Å². The van der Waals surface area contributed by atoms with E-state index >= 15 is 0 Å². The third-order valence-corrected chi connectivity index (χ3v) is 4.25. The van der Waals surface area contributed by atoms with Crippen molar-refractivity contribution in [3.8, 4) is 11.1 Å². The Morgan fingerprint density at radius 1 is 1.18 bits per heavy atom. The molecule has 0 fully saturated rings. The first kappa shape index (κ1) is 19.9. The normalized spacial score (nSPS) is 11.5. The third-order valence-electron chi connectivity index (χ3n) is 4.00. The van der Waals surface area contributed by atoms with Crippen LogP contribution in [0.4, 0.5) is 17.6 Å². The highest BCUT2D eigenvalue weighted by Gasteiger charge is 2.37. The number of nitrogens with zero attached hydrogens (tertiary/aromatic N) is 2. The molecule has 0 bridgehead atoms. The van der Waals surface area contributed by atoms with E-state index in [1.807, 2.05) is 0 Å². The van der Waals surface area contributed by atoms with Gasteiger partial charge in [0.1, 0.15) is 5.82 Å². The van der Waals surface area contributed by atoms with Gasteiger partial charge in [-0.1, -0.05) is 35.9 Å². The molecule has 0 aliphatic heterocycles. The van der Waals surface area contributed by atoms with Gasteiger partial charge in [-0.25, -0.2) is 9.18 Å². The molecule has 0 N–H and O–H groups in total. The molecule has 2 aromatic carbocycles. The number of methoxy groups -OCH3 is 1. The van der Waals surface area contributed by atoms with Crippen LogP contribution in [0, 0.1) is 5.82 Å². The lowest BCUT2D eigenvalue weighted by Gasteiger charge is -2.07. The van der Waals surface area contributed by atoms with Gasteiger partial charge in [0, 0.05) is 22.3 Å². The Labute approximate surface area is 162 Å². The maximum absolute atomic E-state index is 14.5. The van der Waals surface area contributed by atoms with Gasteiger partial charge in [-0.05, 0) is 23.8 Å². The van der Waals surface area contributed by atoms with Crippen LogP contribution in [0.15, 0.2) is 48.7 Å². The number of hydrogen-bond donors (Lipinski definition) is 0. The molecule has 0 unspecified atom stereocenters. The second-order valence-corrected chi connectivity index (χ2v) is 6.30. The van der Waals surface area contributed by atoms with Crippen LogP contribution in [0.2, 0.25) is 5.02 Å². The van der Waals surface area contributed by atoms with E-state index in [0.29, 0.717) is 5.02 Å². The summed E-state index contributed by atoms with van der Waals surface area (Å²) in [5.74, 6) is -1.75. The molecule has 0 atom stereocenters. The first-order chi connectivity index (χ1) is 13.2. The van der Waals surface area contributed by atoms with Crippen molar-refractivity contribution in [3.63, 3.8) is 0 Å². The van der Waals surface area contributed by atoms with Crippen LogP contribution in [0.5, 0.6) is 0 Å². The molecule has 3 rings (SSSR count). The Balaban J connectivity index is 2.03. The summed E-state index contributed by atoms with van der Waals surface area (Å²) in [6.07, 6.45) is -3.52. The second-order valence-electron chi connectivity index (χ2n) is 5.86. The van der Waals surface area contributed by atoms with Gasteiger partial charge in [0.15, 0.2) is 5.69 Å². The van der Waals surface area contributed by atoms with Crippen molar-refractivity contribution in [1.82, 2.24) is 9.78 Å². The van der Waals surface area contributed by atoms with Gasteiger partial charge in [-0.2, -0.15) is 18.3 Å². The van der Waals surface area contributed by atoms with E-state index in [0.717, 1.165) is 11.8 Å². The van der Waals surface area contributed by atoms with Crippen molar-refractivity contribution < 1.29 is 27.1 Å². The number of esters is 1. The highest BCUT2D eigenvalue weighted by Crippen LogP contribution is 2.36. The molecule has 28 heavy (non-hydrogen) atoms. The Morgan fingerprint density at radius 2 is 1.86 bits per heavy atom. The number of alkyl halides is 3. The molecule has 0 saturated heterocycles. The largest absolute Gasteiger partial charge is 0.465 e. The van der Waals surface area contributed by atoms with E-state index < -0.39 is 23.7 Å². The zero-order valence-corrected chi connectivity index (χ0v) is 15.2. The highest BCUT2D eigenvalue weighted by molar-refractivity contribution is 6.30. The zero-order valence-electron chi connectivity index (χ0n) is 14.4. The molecule has 0 saturated carbocycles. The minimum absolute atomic E-state index is 0.00165. The molecule has 146 valence electrons. The average Bonchev–Trinajstić information content (AvgIpc) is 3.08. The fraction of sp³-hybridized carbons (Fsp3) is 0.158. The monoisotopic (exact) mass is 412 g/mol. The van der Waals surface area contributed by atoms with Crippen LogP contribution in [0.25, 0.3) is 11.1 Å². The molecule has 0 amide bonds. The van der Waals surface area contributed by atoms with Crippen molar-refractivity contribution in [2.75, 3.05) is 7.11 Å². The number of carbonyl (C=O) groups excluding carboxylic acids is 1. The standard InChI is InChI=1S/C19H13ClF4N2O2/c1-28-18(27)14-4-2-3-12(16(14)21)9-26-10-15(17(25-26)19(22,23)24)11-5-7-13(20)8-6-11/h2-8,10H,9H2,1H3. The molecule has 0 aliphatic carbocycles. The summed E-state index contributed by atoms with van der Waals surface area (Å²) in [6, 6.07) is 9.82. The molecule has 0 spiro atoms. The second kappa shape index (κ2) is 7.63.